The molecule has 0 saturated heterocycles. The molecule has 0 aromatic heterocycles. The van der Waals surface area contributed by atoms with E-state index in [1.165, 1.54) is 27.8 Å². The van der Waals surface area contributed by atoms with Crippen LogP contribution in [0.25, 0.3) is 11.1 Å². The predicted octanol–water partition coefficient (Wildman–Crippen LogP) is 6.36. The summed E-state index contributed by atoms with van der Waals surface area (Å²) in [6.45, 7) is 4.46. The number of hydrogen-bond acceptors (Lipinski definition) is 2. The van der Waals surface area contributed by atoms with Crippen molar-refractivity contribution in [1.82, 2.24) is 0 Å². The van der Waals surface area contributed by atoms with Gasteiger partial charge in [-0.2, -0.15) is 0 Å². The van der Waals surface area contributed by atoms with Crippen molar-refractivity contribution < 1.29 is 9.47 Å². The molecule has 0 radical (unpaired) electrons. The van der Waals surface area contributed by atoms with E-state index in [-0.39, 0.29) is 12.2 Å². The normalized spacial score (nSPS) is 15.1. The third-order valence-corrected chi connectivity index (χ3v) is 5.68. The van der Waals surface area contributed by atoms with Crippen molar-refractivity contribution in [2.45, 2.75) is 38.4 Å². The van der Waals surface area contributed by atoms with E-state index < -0.39 is 0 Å². The Kier molecular flexibility index (Phi) is 5.00. The lowest BCUT2D eigenvalue weighted by molar-refractivity contribution is -0.0629. The molecule has 0 saturated carbocycles. The van der Waals surface area contributed by atoms with Crippen LogP contribution in [0.2, 0.25) is 0 Å². The van der Waals surface area contributed by atoms with E-state index in [2.05, 4.69) is 80.6 Å². The van der Waals surface area contributed by atoms with Crippen LogP contribution in [0.1, 0.15) is 48.8 Å². The molecule has 0 aliphatic heterocycles. The first-order valence-corrected chi connectivity index (χ1v) is 9.70. The zero-order valence-corrected chi connectivity index (χ0v) is 16.2. The number of ether oxygens (including phenoxy) is 2. The highest BCUT2D eigenvalue weighted by Crippen LogP contribution is 2.47. The lowest BCUT2D eigenvalue weighted by Crippen LogP contribution is -2.27. The molecule has 0 amide bonds. The molecule has 2 atom stereocenters. The molecule has 138 valence electrons. The zero-order valence-electron chi connectivity index (χ0n) is 16.2. The Bertz CT molecular complexity index is 885. The van der Waals surface area contributed by atoms with Crippen molar-refractivity contribution in [3.05, 3.63) is 89.5 Å². The predicted molar refractivity (Wildman–Crippen MR) is 110 cm³/mol. The van der Waals surface area contributed by atoms with Crippen molar-refractivity contribution in [2.75, 3.05) is 7.11 Å². The van der Waals surface area contributed by atoms with E-state index in [1.807, 2.05) is 6.07 Å². The van der Waals surface area contributed by atoms with Gasteiger partial charge in [0.25, 0.3) is 0 Å². The molecule has 0 fully saturated rings. The van der Waals surface area contributed by atoms with E-state index in [1.54, 1.807) is 7.11 Å². The number of hydrogen-bond donors (Lipinski definition) is 0. The average molecular weight is 358 g/mol. The number of benzene rings is 3. The van der Waals surface area contributed by atoms with Gasteiger partial charge in [-0.1, -0.05) is 74.5 Å². The van der Waals surface area contributed by atoms with Crippen molar-refractivity contribution in [3.8, 4) is 16.9 Å². The molecule has 2 heteroatoms. The minimum absolute atomic E-state index is 0.0645. The second-order valence-corrected chi connectivity index (χ2v) is 7.26. The Morgan fingerprint density at radius 2 is 1.48 bits per heavy atom. The van der Waals surface area contributed by atoms with Crippen molar-refractivity contribution >= 4 is 0 Å². The fourth-order valence-electron chi connectivity index (χ4n) is 4.00. The highest BCUT2D eigenvalue weighted by Gasteiger charge is 2.35. The van der Waals surface area contributed by atoms with Gasteiger partial charge in [0.05, 0.1) is 5.92 Å². The molecular weight excluding hydrogens is 332 g/mol. The average Bonchev–Trinajstić information content (AvgIpc) is 3.06. The van der Waals surface area contributed by atoms with Crippen LogP contribution in [0, 0.1) is 0 Å². The highest BCUT2D eigenvalue weighted by atomic mass is 16.7. The maximum Gasteiger partial charge on any atom is 0.210 e. The summed E-state index contributed by atoms with van der Waals surface area (Å²) in [5.41, 5.74) is 6.39. The first-order valence-electron chi connectivity index (χ1n) is 9.70. The second kappa shape index (κ2) is 7.58. The third-order valence-electron chi connectivity index (χ3n) is 5.68. The van der Waals surface area contributed by atoms with Crippen LogP contribution in [-0.4, -0.2) is 13.4 Å². The van der Waals surface area contributed by atoms with Gasteiger partial charge in [-0.15, -0.1) is 0 Å². The standard InChI is InChI=1S/C25H26O2/c1-4-17(2)18-10-9-11-19(16-18)27-25(26-3)24-22-14-7-5-12-20(22)21-13-6-8-15-23(21)24/h5-17,24-25H,4H2,1-3H3. The Labute approximate surface area is 161 Å². The van der Waals surface area contributed by atoms with Crippen LogP contribution >= 0.6 is 0 Å². The van der Waals surface area contributed by atoms with Crippen molar-refractivity contribution in [2.24, 2.45) is 0 Å². The molecule has 2 unspecified atom stereocenters. The molecule has 0 spiro atoms. The zero-order chi connectivity index (χ0) is 18.8. The van der Waals surface area contributed by atoms with Gasteiger partial charge in [0, 0.05) is 7.11 Å². The van der Waals surface area contributed by atoms with Crippen LogP contribution in [0.3, 0.4) is 0 Å². The Balaban J connectivity index is 1.69. The molecule has 0 N–H and O–H groups in total. The van der Waals surface area contributed by atoms with Crippen LogP contribution in [0.5, 0.6) is 5.75 Å². The molecule has 0 bridgehead atoms. The van der Waals surface area contributed by atoms with Gasteiger partial charge in [-0.05, 0) is 52.3 Å². The van der Waals surface area contributed by atoms with Crippen LogP contribution in [-0.2, 0) is 4.74 Å². The third kappa shape index (κ3) is 3.26. The summed E-state index contributed by atoms with van der Waals surface area (Å²) < 4.78 is 12.2. The minimum Gasteiger partial charge on any atom is -0.464 e. The van der Waals surface area contributed by atoms with E-state index in [9.17, 15) is 0 Å². The van der Waals surface area contributed by atoms with E-state index in [0.717, 1.165) is 12.2 Å². The lowest BCUT2D eigenvalue weighted by Gasteiger charge is -2.25. The Morgan fingerprint density at radius 3 is 2.07 bits per heavy atom. The number of fused-ring (bicyclic) bond motifs is 3. The summed E-state index contributed by atoms with van der Waals surface area (Å²) in [7, 11) is 1.73. The van der Waals surface area contributed by atoms with Crippen LogP contribution < -0.4 is 4.74 Å². The summed E-state index contributed by atoms with van der Waals surface area (Å²) >= 11 is 0. The molecule has 3 aromatic rings. The minimum atomic E-state index is -0.373. The quantitative estimate of drug-likeness (QED) is 0.477. The van der Waals surface area contributed by atoms with Gasteiger partial charge < -0.3 is 9.47 Å². The van der Waals surface area contributed by atoms with E-state index >= 15 is 0 Å². The second-order valence-electron chi connectivity index (χ2n) is 7.26. The fourth-order valence-corrected chi connectivity index (χ4v) is 4.00. The van der Waals surface area contributed by atoms with Gasteiger partial charge in [-0.25, -0.2) is 0 Å². The molecule has 27 heavy (non-hydrogen) atoms. The smallest absolute Gasteiger partial charge is 0.210 e. The van der Waals surface area contributed by atoms with Gasteiger partial charge in [0.1, 0.15) is 5.75 Å². The van der Waals surface area contributed by atoms with Gasteiger partial charge in [0.2, 0.25) is 6.29 Å². The first kappa shape index (κ1) is 17.8. The van der Waals surface area contributed by atoms with Gasteiger partial charge >= 0.3 is 0 Å². The van der Waals surface area contributed by atoms with Gasteiger partial charge in [0.15, 0.2) is 0 Å². The Morgan fingerprint density at radius 1 is 0.852 bits per heavy atom. The highest BCUT2D eigenvalue weighted by molar-refractivity contribution is 5.78. The van der Waals surface area contributed by atoms with E-state index in [0.29, 0.717) is 5.92 Å². The van der Waals surface area contributed by atoms with Crippen LogP contribution in [0.15, 0.2) is 72.8 Å². The first-order chi connectivity index (χ1) is 13.2. The summed E-state index contributed by atoms with van der Waals surface area (Å²) in [5, 5.41) is 0. The number of rotatable bonds is 6. The van der Waals surface area contributed by atoms with Crippen molar-refractivity contribution in [1.29, 1.82) is 0 Å². The largest absolute Gasteiger partial charge is 0.464 e. The SMILES string of the molecule is CCC(C)c1cccc(OC(OC)C2c3ccccc3-c3ccccc32)c1. The monoisotopic (exact) mass is 358 g/mol. The summed E-state index contributed by atoms with van der Waals surface area (Å²) in [6.07, 6.45) is 0.738. The maximum atomic E-state index is 6.37. The summed E-state index contributed by atoms with van der Waals surface area (Å²) in [6, 6.07) is 25.5. The molecule has 4 rings (SSSR count). The molecule has 0 heterocycles. The fraction of sp³-hybridized carbons (Fsp3) is 0.280. The summed E-state index contributed by atoms with van der Waals surface area (Å²) in [5.74, 6) is 1.44. The molecule has 1 aliphatic rings. The molecule has 1 aliphatic carbocycles. The molecule has 3 aromatic carbocycles. The molecular formula is C25H26O2. The van der Waals surface area contributed by atoms with E-state index in [4.69, 9.17) is 9.47 Å². The topological polar surface area (TPSA) is 18.5 Å². The number of methoxy groups -OCH3 is 1. The maximum absolute atomic E-state index is 6.37. The van der Waals surface area contributed by atoms with Gasteiger partial charge in [-0.3, -0.25) is 0 Å². The summed E-state index contributed by atoms with van der Waals surface area (Å²) in [4.78, 5) is 0. The van der Waals surface area contributed by atoms with Crippen LogP contribution in [0.4, 0.5) is 0 Å². The lowest BCUT2D eigenvalue weighted by atomic mass is 9.96. The van der Waals surface area contributed by atoms with Crippen molar-refractivity contribution in [3.63, 3.8) is 0 Å². The Hall–Kier alpha value is -2.58. The molecule has 2 nitrogen and oxygen atoms in total.